The van der Waals surface area contributed by atoms with Crippen molar-refractivity contribution in [1.29, 1.82) is 0 Å². The molecule has 86 valence electrons. The highest BCUT2D eigenvalue weighted by molar-refractivity contribution is 5.82. The summed E-state index contributed by atoms with van der Waals surface area (Å²) in [5, 5.41) is 3.36. The number of nitrogens with one attached hydrogen (secondary N) is 1. The average molecular weight is 210 g/mol. The van der Waals surface area contributed by atoms with E-state index >= 15 is 0 Å². The summed E-state index contributed by atoms with van der Waals surface area (Å²) in [7, 11) is 0. The van der Waals surface area contributed by atoms with Crippen LogP contribution in [0.2, 0.25) is 0 Å². The van der Waals surface area contributed by atoms with E-state index in [0.29, 0.717) is 11.3 Å². The van der Waals surface area contributed by atoms with Crippen LogP contribution in [0.4, 0.5) is 0 Å². The van der Waals surface area contributed by atoms with Gasteiger partial charge in [-0.2, -0.15) is 0 Å². The Kier molecular flexibility index (Phi) is 2.75. The van der Waals surface area contributed by atoms with Gasteiger partial charge in [0.25, 0.3) is 0 Å². The summed E-state index contributed by atoms with van der Waals surface area (Å²) in [5.74, 6) is 0.850. The highest BCUT2D eigenvalue weighted by Crippen LogP contribution is 2.46. The molecule has 1 unspecified atom stereocenters. The third kappa shape index (κ3) is 2.33. The van der Waals surface area contributed by atoms with Gasteiger partial charge in [-0.3, -0.25) is 4.79 Å². The van der Waals surface area contributed by atoms with E-state index in [9.17, 15) is 4.79 Å². The van der Waals surface area contributed by atoms with Crippen molar-refractivity contribution < 1.29 is 4.79 Å². The molecule has 0 aromatic heterocycles. The molecule has 3 nitrogen and oxygen atoms in total. The number of hydrogen-bond acceptors (Lipinski definition) is 2. The molecule has 1 aliphatic carbocycles. The molecule has 1 aliphatic heterocycles. The molecule has 0 aromatic rings. The lowest BCUT2D eigenvalue weighted by Crippen LogP contribution is -2.43. The lowest BCUT2D eigenvalue weighted by Gasteiger charge is -2.26. The highest BCUT2D eigenvalue weighted by atomic mass is 16.2. The molecule has 1 heterocycles. The summed E-state index contributed by atoms with van der Waals surface area (Å²) in [5.41, 5.74) is 0.426. The number of amides is 1. The van der Waals surface area contributed by atoms with Crippen molar-refractivity contribution in [2.45, 2.75) is 39.7 Å². The van der Waals surface area contributed by atoms with Crippen molar-refractivity contribution in [2.24, 2.45) is 11.3 Å². The van der Waals surface area contributed by atoms with Gasteiger partial charge < -0.3 is 10.2 Å². The molecule has 1 N–H and O–H groups in total. The van der Waals surface area contributed by atoms with Gasteiger partial charge in [0, 0.05) is 25.0 Å². The quantitative estimate of drug-likeness (QED) is 0.744. The molecule has 1 atom stereocenters. The molecule has 3 heteroatoms. The van der Waals surface area contributed by atoms with Gasteiger partial charge in [-0.1, -0.05) is 13.8 Å². The van der Waals surface area contributed by atoms with Crippen molar-refractivity contribution in [3.8, 4) is 0 Å². The van der Waals surface area contributed by atoms with Gasteiger partial charge in [-0.05, 0) is 25.7 Å². The van der Waals surface area contributed by atoms with Crippen LogP contribution < -0.4 is 5.32 Å². The van der Waals surface area contributed by atoms with E-state index in [2.05, 4.69) is 24.1 Å². The molecule has 1 saturated carbocycles. The van der Waals surface area contributed by atoms with E-state index in [-0.39, 0.29) is 11.9 Å². The van der Waals surface area contributed by atoms with E-state index in [1.165, 1.54) is 12.8 Å². The minimum atomic E-state index is 0.00345. The summed E-state index contributed by atoms with van der Waals surface area (Å²) < 4.78 is 0. The van der Waals surface area contributed by atoms with Crippen LogP contribution in [0.1, 0.15) is 33.6 Å². The van der Waals surface area contributed by atoms with E-state index < -0.39 is 0 Å². The Labute approximate surface area is 92.2 Å². The predicted molar refractivity (Wildman–Crippen MR) is 60.5 cm³/mol. The summed E-state index contributed by atoms with van der Waals surface area (Å²) in [4.78, 5) is 14.1. The molecule has 2 fully saturated rings. The lowest BCUT2D eigenvalue weighted by atomic mass is 10.1. The fraction of sp³-hybridized carbons (Fsp3) is 0.917. The summed E-state index contributed by atoms with van der Waals surface area (Å²) in [6.07, 6.45) is 2.57. The van der Waals surface area contributed by atoms with E-state index in [0.717, 1.165) is 19.6 Å². The standard InChI is InChI=1S/C12H22N2O/c1-9(2)6-14-8-12(4-5-12)7-13-10(3)11(14)15/h9-10,13H,4-8H2,1-3H3. The fourth-order valence-electron chi connectivity index (χ4n) is 2.38. The van der Waals surface area contributed by atoms with Crippen LogP contribution in [0.25, 0.3) is 0 Å². The Balaban J connectivity index is 2.07. The third-order valence-electron chi connectivity index (χ3n) is 3.53. The van der Waals surface area contributed by atoms with Crippen molar-refractivity contribution in [3.05, 3.63) is 0 Å². The third-order valence-corrected chi connectivity index (χ3v) is 3.53. The smallest absolute Gasteiger partial charge is 0.239 e. The first kappa shape index (κ1) is 10.9. The SMILES string of the molecule is CC(C)CN1CC2(CC2)CNC(C)C1=O. The second kappa shape index (κ2) is 3.78. The van der Waals surface area contributed by atoms with Gasteiger partial charge in [0.15, 0.2) is 0 Å². The normalized spacial score (nSPS) is 29.7. The number of rotatable bonds is 2. The molecule has 0 bridgehead atoms. The molecule has 1 saturated heterocycles. The molecule has 0 aromatic carbocycles. The van der Waals surface area contributed by atoms with Crippen LogP contribution in [0.15, 0.2) is 0 Å². The average Bonchev–Trinajstić information content (AvgIpc) is 2.92. The molecular weight excluding hydrogens is 188 g/mol. The van der Waals surface area contributed by atoms with Gasteiger partial charge in [0.2, 0.25) is 5.91 Å². The topological polar surface area (TPSA) is 32.3 Å². The largest absolute Gasteiger partial charge is 0.340 e. The van der Waals surface area contributed by atoms with Crippen LogP contribution in [0.3, 0.4) is 0 Å². The van der Waals surface area contributed by atoms with E-state index in [4.69, 9.17) is 0 Å². The van der Waals surface area contributed by atoms with Gasteiger partial charge in [-0.25, -0.2) is 0 Å². The zero-order valence-electron chi connectivity index (χ0n) is 10.0. The first-order chi connectivity index (χ1) is 7.02. The van der Waals surface area contributed by atoms with E-state index in [1.807, 2.05) is 6.92 Å². The Morgan fingerprint density at radius 3 is 2.73 bits per heavy atom. The number of hydrogen-bond donors (Lipinski definition) is 1. The maximum Gasteiger partial charge on any atom is 0.239 e. The second-order valence-corrected chi connectivity index (χ2v) is 5.72. The summed E-state index contributed by atoms with van der Waals surface area (Å²) in [6.45, 7) is 9.24. The molecule has 2 aliphatic rings. The maximum absolute atomic E-state index is 12.1. The molecule has 2 rings (SSSR count). The Morgan fingerprint density at radius 2 is 2.20 bits per heavy atom. The van der Waals surface area contributed by atoms with Gasteiger partial charge in [-0.15, -0.1) is 0 Å². The summed E-state index contributed by atoms with van der Waals surface area (Å²) >= 11 is 0. The predicted octanol–water partition coefficient (Wildman–Crippen LogP) is 1.24. The van der Waals surface area contributed by atoms with Crippen LogP contribution in [-0.4, -0.2) is 36.5 Å². The summed E-state index contributed by atoms with van der Waals surface area (Å²) in [6, 6.07) is 0.00345. The van der Waals surface area contributed by atoms with Crippen LogP contribution in [0, 0.1) is 11.3 Å². The molecule has 15 heavy (non-hydrogen) atoms. The minimum absolute atomic E-state index is 0.00345. The van der Waals surface area contributed by atoms with Crippen LogP contribution in [0.5, 0.6) is 0 Å². The number of nitrogens with zero attached hydrogens (tertiary/aromatic N) is 1. The number of carbonyl (C=O) groups is 1. The molecular formula is C12H22N2O. The van der Waals surface area contributed by atoms with Crippen molar-refractivity contribution in [3.63, 3.8) is 0 Å². The van der Waals surface area contributed by atoms with Crippen molar-refractivity contribution >= 4 is 5.91 Å². The second-order valence-electron chi connectivity index (χ2n) is 5.72. The first-order valence-corrected chi connectivity index (χ1v) is 6.05. The zero-order chi connectivity index (χ0) is 11.1. The zero-order valence-corrected chi connectivity index (χ0v) is 10.0. The van der Waals surface area contributed by atoms with E-state index in [1.54, 1.807) is 0 Å². The maximum atomic E-state index is 12.1. The molecule has 0 radical (unpaired) electrons. The van der Waals surface area contributed by atoms with Gasteiger partial charge in [0.1, 0.15) is 0 Å². The fourth-order valence-corrected chi connectivity index (χ4v) is 2.38. The molecule has 1 spiro atoms. The lowest BCUT2D eigenvalue weighted by molar-refractivity contribution is -0.133. The highest BCUT2D eigenvalue weighted by Gasteiger charge is 2.47. The Morgan fingerprint density at radius 1 is 1.53 bits per heavy atom. The Bertz CT molecular complexity index is 258. The van der Waals surface area contributed by atoms with Crippen LogP contribution in [-0.2, 0) is 4.79 Å². The first-order valence-electron chi connectivity index (χ1n) is 6.05. The van der Waals surface area contributed by atoms with Crippen LogP contribution >= 0.6 is 0 Å². The monoisotopic (exact) mass is 210 g/mol. The van der Waals surface area contributed by atoms with Crippen molar-refractivity contribution in [2.75, 3.05) is 19.6 Å². The Hall–Kier alpha value is -0.570. The minimum Gasteiger partial charge on any atom is -0.340 e. The van der Waals surface area contributed by atoms with Gasteiger partial charge in [0.05, 0.1) is 6.04 Å². The van der Waals surface area contributed by atoms with Crippen molar-refractivity contribution in [1.82, 2.24) is 10.2 Å². The van der Waals surface area contributed by atoms with Gasteiger partial charge >= 0.3 is 0 Å². The molecule has 1 amide bonds. The number of carbonyl (C=O) groups excluding carboxylic acids is 1.